The Bertz CT molecular complexity index is 1160. The van der Waals surface area contributed by atoms with Crippen molar-refractivity contribution in [2.45, 2.75) is 52.8 Å². The number of carbonyl (C=O) groups is 2. The maximum Gasteiger partial charge on any atom is 0.416 e. The van der Waals surface area contributed by atoms with Crippen LogP contribution < -0.4 is 5.32 Å². The maximum absolute atomic E-state index is 14.2. The summed E-state index contributed by atoms with van der Waals surface area (Å²) in [5.41, 5.74) is -0.209. The third-order valence-electron chi connectivity index (χ3n) is 8.10. The fourth-order valence-electron chi connectivity index (χ4n) is 5.97. The van der Waals surface area contributed by atoms with Crippen LogP contribution in [0.1, 0.15) is 57.7 Å². The number of halogens is 3. The predicted octanol–water partition coefficient (Wildman–Crippen LogP) is 7.11. The van der Waals surface area contributed by atoms with Crippen molar-refractivity contribution in [1.82, 2.24) is 4.90 Å². The van der Waals surface area contributed by atoms with Crippen LogP contribution in [0.3, 0.4) is 0 Å². The molecule has 1 fully saturated rings. The molecule has 0 aromatic heterocycles. The topological polar surface area (TPSA) is 49.4 Å². The van der Waals surface area contributed by atoms with Gasteiger partial charge < -0.3 is 10.2 Å². The summed E-state index contributed by atoms with van der Waals surface area (Å²) in [6, 6.07) is 13.6. The molecule has 3 unspecified atom stereocenters. The molecular formula is C30H35F3N2O2. The van der Waals surface area contributed by atoms with Crippen molar-refractivity contribution in [3.8, 4) is 0 Å². The summed E-state index contributed by atoms with van der Waals surface area (Å²) in [4.78, 5) is 29.6. The van der Waals surface area contributed by atoms with Crippen molar-refractivity contribution >= 4 is 17.5 Å². The zero-order valence-corrected chi connectivity index (χ0v) is 21.8. The molecule has 1 aliphatic heterocycles. The van der Waals surface area contributed by atoms with Crippen LogP contribution >= 0.6 is 0 Å². The predicted molar refractivity (Wildman–Crippen MR) is 138 cm³/mol. The van der Waals surface area contributed by atoms with Gasteiger partial charge in [0.2, 0.25) is 11.8 Å². The van der Waals surface area contributed by atoms with E-state index in [1.807, 2.05) is 35.2 Å². The van der Waals surface area contributed by atoms with Gasteiger partial charge in [-0.3, -0.25) is 9.59 Å². The first-order valence-electron chi connectivity index (χ1n) is 12.9. The number of allylic oxidation sites excluding steroid dienone is 2. The summed E-state index contributed by atoms with van der Waals surface area (Å²) in [5.74, 6) is -0.812. The van der Waals surface area contributed by atoms with Crippen molar-refractivity contribution in [2.24, 2.45) is 29.1 Å². The van der Waals surface area contributed by atoms with E-state index >= 15 is 0 Å². The molecular weight excluding hydrogens is 477 g/mol. The lowest BCUT2D eigenvalue weighted by atomic mass is 9.63. The molecule has 0 radical (unpaired) electrons. The number of hydrogen-bond donors (Lipinski definition) is 1. The van der Waals surface area contributed by atoms with Gasteiger partial charge in [0.25, 0.3) is 0 Å². The molecule has 2 amide bonds. The Kier molecular flexibility index (Phi) is 7.54. The Hall–Kier alpha value is -3.09. The van der Waals surface area contributed by atoms with Crippen LogP contribution in [0.2, 0.25) is 0 Å². The van der Waals surface area contributed by atoms with Crippen LogP contribution in [-0.4, -0.2) is 23.3 Å². The van der Waals surface area contributed by atoms with Gasteiger partial charge in [-0.2, -0.15) is 13.2 Å². The Morgan fingerprint density at radius 1 is 1.03 bits per heavy atom. The Labute approximate surface area is 216 Å². The monoisotopic (exact) mass is 512 g/mol. The van der Waals surface area contributed by atoms with Gasteiger partial charge in [-0.1, -0.05) is 76.2 Å². The van der Waals surface area contributed by atoms with Crippen molar-refractivity contribution in [3.05, 3.63) is 77.9 Å². The summed E-state index contributed by atoms with van der Waals surface area (Å²) in [5, 5.41) is 2.71. The minimum Gasteiger partial charge on any atom is -0.335 e. The number of carbonyl (C=O) groups excluding carboxylic acids is 2. The second-order valence-corrected chi connectivity index (χ2v) is 11.1. The van der Waals surface area contributed by atoms with E-state index in [2.05, 4.69) is 45.2 Å². The molecule has 2 aromatic rings. The molecule has 1 aliphatic carbocycles. The van der Waals surface area contributed by atoms with Crippen molar-refractivity contribution in [3.63, 3.8) is 0 Å². The summed E-state index contributed by atoms with van der Waals surface area (Å²) < 4.78 is 39.7. The number of benzene rings is 2. The first kappa shape index (κ1) is 27.0. The van der Waals surface area contributed by atoms with E-state index in [9.17, 15) is 22.8 Å². The molecule has 0 bridgehead atoms. The second-order valence-electron chi connectivity index (χ2n) is 11.1. The van der Waals surface area contributed by atoms with E-state index in [1.165, 1.54) is 12.1 Å². The number of amides is 2. The van der Waals surface area contributed by atoms with Crippen LogP contribution in [0.15, 0.2) is 66.7 Å². The van der Waals surface area contributed by atoms with Gasteiger partial charge in [0.1, 0.15) is 0 Å². The number of likely N-dealkylation sites (tertiary alicyclic amines) is 1. The van der Waals surface area contributed by atoms with Crippen molar-refractivity contribution in [1.29, 1.82) is 0 Å². The number of nitrogens with zero attached hydrogens (tertiary/aromatic N) is 1. The van der Waals surface area contributed by atoms with Gasteiger partial charge in [-0.05, 0) is 53.9 Å². The van der Waals surface area contributed by atoms with E-state index in [0.717, 1.165) is 17.7 Å². The average molecular weight is 513 g/mol. The molecule has 198 valence electrons. The highest BCUT2D eigenvalue weighted by atomic mass is 19.4. The molecule has 37 heavy (non-hydrogen) atoms. The lowest BCUT2D eigenvalue weighted by Gasteiger charge is -2.47. The lowest BCUT2D eigenvalue weighted by molar-refractivity contribution is -0.149. The van der Waals surface area contributed by atoms with Crippen LogP contribution in [0, 0.1) is 29.1 Å². The molecule has 7 heteroatoms. The molecule has 1 N–H and O–H groups in total. The van der Waals surface area contributed by atoms with E-state index in [4.69, 9.17) is 0 Å². The van der Waals surface area contributed by atoms with E-state index in [1.54, 1.807) is 0 Å². The fourth-order valence-corrected chi connectivity index (χ4v) is 5.97. The highest BCUT2D eigenvalue weighted by Gasteiger charge is 2.47. The average Bonchev–Trinajstić information content (AvgIpc) is 2.86. The zero-order chi connectivity index (χ0) is 27.0. The number of anilines is 1. The quantitative estimate of drug-likeness (QED) is 0.444. The molecule has 1 heterocycles. The number of nitrogens with one attached hydrogen (secondary N) is 1. The van der Waals surface area contributed by atoms with Crippen LogP contribution in [0.5, 0.6) is 0 Å². The number of alkyl halides is 3. The molecule has 0 spiro atoms. The van der Waals surface area contributed by atoms with E-state index < -0.39 is 23.7 Å². The molecule has 5 atom stereocenters. The summed E-state index contributed by atoms with van der Waals surface area (Å²) in [7, 11) is 0. The summed E-state index contributed by atoms with van der Waals surface area (Å²) in [6.45, 7) is 8.91. The van der Waals surface area contributed by atoms with E-state index in [0.29, 0.717) is 19.4 Å². The summed E-state index contributed by atoms with van der Waals surface area (Å²) >= 11 is 0. The Balaban J connectivity index is 1.67. The van der Waals surface area contributed by atoms with Gasteiger partial charge in [-0.15, -0.1) is 0 Å². The third kappa shape index (κ3) is 5.60. The molecule has 4 nitrogen and oxygen atoms in total. The molecule has 0 saturated carbocycles. The largest absolute Gasteiger partial charge is 0.416 e. The number of piperidine rings is 1. The second kappa shape index (κ2) is 10.3. The Morgan fingerprint density at radius 2 is 1.73 bits per heavy atom. The van der Waals surface area contributed by atoms with E-state index in [-0.39, 0.29) is 40.7 Å². The third-order valence-corrected chi connectivity index (χ3v) is 8.10. The lowest BCUT2D eigenvalue weighted by Crippen LogP contribution is -2.52. The van der Waals surface area contributed by atoms with Gasteiger partial charge in [0, 0.05) is 18.2 Å². The van der Waals surface area contributed by atoms with Crippen LogP contribution in [0.25, 0.3) is 0 Å². The minimum absolute atomic E-state index is 0.0270. The Morgan fingerprint density at radius 3 is 2.41 bits per heavy atom. The first-order chi connectivity index (χ1) is 17.4. The fraction of sp³-hybridized carbons (Fsp3) is 0.467. The highest BCUT2D eigenvalue weighted by Crippen LogP contribution is 2.46. The molecule has 1 saturated heterocycles. The maximum atomic E-state index is 14.2. The smallest absolute Gasteiger partial charge is 0.335 e. The SMILES string of the molecule is CC1C=CC(C)(C)C(C(=O)N2CCC[C@H](C(=O)Nc3cccc(C(F)(F)F)c3)[C@@H]2c2ccccc2)C1C. The standard InChI is InChI=1S/C30H35F3N2O2/c1-19-15-16-29(3,4)25(20(19)2)28(37)35-17-9-14-24(26(35)21-10-6-5-7-11-21)27(36)34-23-13-8-12-22(18-23)30(31,32)33/h5-8,10-13,15-16,18-20,24-26H,9,14,17H2,1-4H3,(H,34,36)/t19?,20?,24-,25?,26-/m0/s1. The van der Waals surface area contributed by atoms with Gasteiger partial charge in [0.15, 0.2) is 0 Å². The number of rotatable bonds is 4. The zero-order valence-electron chi connectivity index (χ0n) is 21.8. The molecule has 4 rings (SSSR count). The van der Waals surface area contributed by atoms with Crippen LogP contribution in [0.4, 0.5) is 18.9 Å². The van der Waals surface area contributed by atoms with Gasteiger partial charge in [0.05, 0.1) is 17.5 Å². The normalized spacial score (nSPS) is 27.5. The molecule has 2 aliphatic rings. The highest BCUT2D eigenvalue weighted by molar-refractivity contribution is 5.94. The number of hydrogen-bond acceptors (Lipinski definition) is 2. The first-order valence-corrected chi connectivity index (χ1v) is 12.9. The van der Waals surface area contributed by atoms with Crippen molar-refractivity contribution in [2.75, 3.05) is 11.9 Å². The van der Waals surface area contributed by atoms with Crippen LogP contribution in [-0.2, 0) is 15.8 Å². The summed E-state index contributed by atoms with van der Waals surface area (Å²) in [6.07, 6.45) is 0.970. The van der Waals surface area contributed by atoms with Gasteiger partial charge >= 0.3 is 6.18 Å². The minimum atomic E-state index is -4.50. The molecule has 2 aromatic carbocycles. The van der Waals surface area contributed by atoms with Gasteiger partial charge in [-0.25, -0.2) is 0 Å². The van der Waals surface area contributed by atoms with Crippen molar-refractivity contribution < 1.29 is 22.8 Å².